The van der Waals surface area contributed by atoms with Gasteiger partial charge in [0.25, 0.3) is 0 Å². The minimum absolute atomic E-state index is 0.137. The largest absolute Gasteiger partial charge is 0.460 e. The highest BCUT2D eigenvalue weighted by atomic mass is 16.3. The molecule has 5 nitrogen and oxygen atoms in total. The van der Waals surface area contributed by atoms with Crippen LogP contribution in [-0.2, 0) is 0 Å². The van der Waals surface area contributed by atoms with E-state index in [-0.39, 0.29) is 5.92 Å². The summed E-state index contributed by atoms with van der Waals surface area (Å²) in [5.41, 5.74) is 10.1. The predicted molar refractivity (Wildman–Crippen MR) is 236 cm³/mol. The molecular weight excluding hydrogens is 711 g/mol. The van der Waals surface area contributed by atoms with E-state index < -0.39 is 0 Å². The van der Waals surface area contributed by atoms with Gasteiger partial charge in [0.05, 0.1) is 5.92 Å². The van der Waals surface area contributed by atoms with Gasteiger partial charge in [0.15, 0.2) is 11.6 Å². The van der Waals surface area contributed by atoms with Crippen LogP contribution in [0.4, 0.5) is 0 Å². The van der Waals surface area contributed by atoms with Gasteiger partial charge in [0.2, 0.25) is 0 Å². The lowest BCUT2D eigenvalue weighted by atomic mass is 9.91. The Labute approximate surface area is 333 Å². The minimum Gasteiger partial charge on any atom is -0.460 e. The van der Waals surface area contributed by atoms with Gasteiger partial charge in [-0.15, -0.1) is 0 Å². The van der Waals surface area contributed by atoms with E-state index in [0.29, 0.717) is 17.5 Å². The van der Waals surface area contributed by atoms with Crippen LogP contribution >= 0.6 is 0 Å². The number of aromatic nitrogens is 3. The number of allylic oxidation sites excluding steroid dienone is 1. The molecule has 3 aromatic heterocycles. The van der Waals surface area contributed by atoms with Crippen LogP contribution in [0.25, 0.3) is 106 Å². The lowest BCUT2D eigenvalue weighted by molar-refractivity contribution is 0.506. The van der Waals surface area contributed by atoms with Crippen molar-refractivity contribution < 1.29 is 8.83 Å². The van der Waals surface area contributed by atoms with Crippen LogP contribution in [0, 0.1) is 0 Å². The summed E-state index contributed by atoms with van der Waals surface area (Å²) in [7, 11) is 0. The summed E-state index contributed by atoms with van der Waals surface area (Å²) in [6.07, 6.45) is 5.10. The van der Waals surface area contributed by atoms with Crippen LogP contribution in [0.1, 0.15) is 29.5 Å². The fourth-order valence-corrected chi connectivity index (χ4v) is 8.80. The average molecular weight is 744 g/mol. The third kappa shape index (κ3) is 5.28. The predicted octanol–water partition coefficient (Wildman–Crippen LogP) is 14.0. The number of furan rings is 2. The third-order valence-corrected chi connectivity index (χ3v) is 11.7. The Bertz CT molecular complexity index is 3430. The molecule has 0 fully saturated rings. The molecule has 1 aliphatic carbocycles. The van der Waals surface area contributed by atoms with Gasteiger partial charge in [-0.2, -0.15) is 0 Å². The summed E-state index contributed by atoms with van der Waals surface area (Å²) < 4.78 is 12.9. The maximum atomic E-state index is 6.48. The topological polar surface area (TPSA) is 65.0 Å². The van der Waals surface area contributed by atoms with Crippen molar-refractivity contribution in [3.8, 4) is 45.0 Å². The van der Waals surface area contributed by atoms with Gasteiger partial charge in [-0.1, -0.05) is 152 Å². The van der Waals surface area contributed by atoms with E-state index in [1.165, 1.54) is 27.1 Å². The van der Waals surface area contributed by atoms with E-state index in [2.05, 4.69) is 133 Å². The molecular formula is C53H33N3O2. The molecule has 0 saturated heterocycles. The van der Waals surface area contributed by atoms with Crippen molar-refractivity contribution in [2.45, 2.75) is 12.3 Å². The molecule has 1 unspecified atom stereocenters. The number of benzene rings is 8. The average Bonchev–Trinajstić information content (AvgIpc) is 3.87. The fraction of sp³-hybridized carbons (Fsp3) is 0.0377. The van der Waals surface area contributed by atoms with E-state index in [9.17, 15) is 0 Å². The quantitative estimate of drug-likeness (QED) is 0.164. The Hall–Kier alpha value is -7.63. The number of hydrogen-bond acceptors (Lipinski definition) is 5. The molecule has 0 saturated carbocycles. The molecule has 0 bridgehead atoms. The Kier molecular flexibility index (Phi) is 7.29. The van der Waals surface area contributed by atoms with Gasteiger partial charge < -0.3 is 8.83 Å². The molecule has 0 N–H and O–H groups in total. The van der Waals surface area contributed by atoms with Crippen molar-refractivity contribution in [2.24, 2.45) is 0 Å². The second-order valence-electron chi connectivity index (χ2n) is 15.1. The molecule has 0 aliphatic heterocycles. The Morgan fingerprint density at radius 3 is 1.97 bits per heavy atom. The zero-order valence-electron chi connectivity index (χ0n) is 31.3. The van der Waals surface area contributed by atoms with E-state index in [0.717, 1.165) is 78.5 Å². The fourth-order valence-electron chi connectivity index (χ4n) is 8.80. The van der Waals surface area contributed by atoms with Crippen LogP contribution in [0.3, 0.4) is 0 Å². The molecule has 0 spiro atoms. The van der Waals surface area contributed by atoms with Gasteiger partial charge in [0, 0.05) is 32.8 Å². The van der Waals surface area contributed by atoms with Gasteiger partial charge in [0.1, 0.15) is 28.3 Å². The molecule has 5 heteroatoms. The van der Waals surface area contributed by atoms with Gasteiger partial charge in [-0.25, -0.2) is 15.0 Å². The highest BCUT2D eigenvalue weighted by Gasteiger charge is 2.29. The zero-order valence-corrected chi connectivity index (χ0v) is 31.3. The first kappa shape index (κ1) is 32.6. The third-order valence-electron chi connectivity index (χ3n) is 11.7. The molecule has 272 valence electrons. The van der Waals surface area contributed by atoms with Crippen molar-refractivity contribution in [3.63, 3.8) is 0 Å². The van der Waals surface area contributed by atoms with Gasteiger partial charge >= 0.3 is 0 Å². The van der Waals surface area contributed by atoms with E-state index in [4.69, 9.17) is 23.8 Å². The summed E-state index contributed by atoms with van der Waals surface area (Å²) in [5, 5.41) is 8.30. The number of rotatable bonds is 5. The number of para-hydroxylation sites is 1. The second-order valence-corrected chi connectivity index (χ2v) is 15.1. The van der Waals surface area contributed by atoms with Crippen LogP contribution in [0.5, 0.6) is 0 Å². The second kappa shape index (κ2) is 13.0. The summed E-state index contributed by atoms with van der Waals surface area (Å²) in [5.74, 6) is 2.72. The normalized spacial score (nSPS) is 13.9. The standard InChI is InChI=1S/C53H33N3O2/c1-2-11-34(12-3-1)51-54-52(56-53(55-51)44-17-8-16-43-42-14-6-7-18-46(42)58-50(43)44)35-23-20-33(21-24-35)41-15-9-19-48-49(41)45-31-37(27-29-47(45)57-48)36-26-28-40-38(30-36)25-22-32-10-4-5-13-39(32)40/h1-16,18-31,44H,17H2. The summed E-state index contributed by atoms with van der Waals surface area (Å²) in [6.45, 7) is 0. The van der Waals surface area contributed by atoms with Crippen LogP contribution in [-0.4, -0.2) is 15.0 Å². The molecule has 3 heterocycles. The minimum atomic E-state index is -0.137. The molecule has 12 rings (SSSR count). The highest BCUT2D eigenvalue weighted by molar-refractivity contribution is 6.14. The molecule has 1 atom stereocenters. The first-order valence-electron chi connectivity index (χ1n) is 19.7. The van der Waals surface area contributed by atoms with E-state index in [1.54, 1.807) is 0 Å². The lowest BCUT2D eigenvalue weighted by Gasteiger charge is -2.17. The summed E-state index contributed by atoms with van der Waals surface area (Å²) in [6, 6.07) is 59.5. The van der Waals surface area contributed by atoms with Crippen LogP contribution < -0.4 is 0 Å². The van der Waals surface area contributed by atoms with Crippen molar-refractivity contribution >= 4 is 60.5 Å². The maximum absolute atomic E-state index is 6.48. The zero-order chi connectivity index (χ0) is 38.2. The van der Waals surface area contributed by atoms with Gasteiger partial charge in [-0.3, -0.25) is 0 Å². The molecule has 0 radical (unpaired) electrons. The highest BCUT2D eigenvalue weighted by Crippen LogP contribution is 2.42. The van der Waals surface area contributed by atoms with Crippen LogP contribution in [0.2, 0.25) is 0 Å². The van der Waals surface area contributed by atoms with Crippen molar-refractivity contribution in [3.05, 3.63) is 193 Å². The summed E-state index contributed by atoms with van der Waals surface area (Å²) in [4.78, 5) is 15.3. The van der Waals surface area contributed by atoms with Gasteiger partial charge in [-0.05, 0) is 80.6 Å². The first-order chi connectivity index (χ1) is 28.7. The number of fused-ring (bicyclic) bond motifs is 9. The van der Waals surface area contributed by atoms with Crippen molar-refractivity contribution in [1.29, 1.82) is 0 Å². The van der Waals surface area contributed by atoms with Crippen molar-refractivity contribution in [2.75, 3.05) is 0 Å². The molecule has 8 aromatic carbocycles. The SMILES string of the molecule is C1=Cc2c(oc3ccccc23)C(c2nc(-c3ccccc3)nc(-c3ccc(-c4cccc5oc6ccc(-c7ccc8c(ccc9ccccc98)c7)cc6c45)cc3)n2)C1. The Morgan fingerprint density at radius 2 is 1.09 bits per heavy atom. The Balaban J connectivity index is 0.939. The smallest absolute Gasteiger partial charge is 0.163 e. The molecule has 0 amide bonds. The first-order valence-corrected chi connectivity index (χ1v) is 19.7. The monoisotopic (exact) mass is 743 g/mol. The number of nitrogens with zero attached hydrogens (tertiary/aromatic N) is 3. The van der Waals surface area contributed by atoms with E-state index in [1.807, 2.05) is 48.5 Å². The van der Waals surface area contributed by atoms with E-state index >= 15 is 0 Å². The lowest BCUT2D eigenvalue weighted by Crippen LogP contribution is -2.11. The maximum Gasteiger partial charge on any atom is 0.163 e. The van der Waals surface area contributed by atoms with Crippen molar-refractivity contribution in [1.82, 2.24) is 15.0 Å². The summed E-state index contributed by atoms with van der Waals surface area (Å²) >= 11 is 0. The molecule has 11 aromatic rings. The number of hydrogen-bond donors (Lipinski definition) is 0. The molecule has 58 heavy (non-hydrogen) atoms. The van der Waals surface area contributed by atoms with Crippen LogP contribution in [0.15, 0.2) is 185 Å². The molecule has 1 aliphatic rings. The Morgan fingerprint density at radius 1 is 0.431 bits per heavy atom.